The van der Waals surface area contributed by atoms with Crippen molar-refractivity contribution >= 4 is 16.6 Å². The highest BCUT2D eigenvalue weighted by Gasteiger charge is 2.03. The maximum absolute atomic E-state index is 5.85. The molecule has 2 N–H and O–H groups in total. The number of nitrogen functional groups attached to an aromatic ring is 1. The fourth-order valence-corrected chi connectivity index (χ4v) is 2.99. The molecule has 0 aliphatic heterocycles. The van der Waals surface area contributed by atoms with Crippen molar-refractivity contribution in [3.05, 3.63) is 90.6 Å². The van der Waals surface area contributed by atoms with Crippen LogP contribution in [0, 0.1) is 0 Å². The van der Waals surface area contributed by atoms with Gasteiger partial charge in [-0.05, 0) is 41.0 Å². The van der Waals surface area contributed by atoms with Crippen LogP contribution in [0.2, 0.25) is 0 Å². The van der Waals surface area contributed by atoms with Crippen LogP contribution in [0.4, 0.5) is 5.69 Å². The third-order valence-electron chi connectivity index (χ3n) is 4.21. The summed E-state index contributed by atoms with van der Waals surface area (Å²) in [6.07, 6.45) is 2.12. The van der Waals surface area contributed by atoms with Gasteiger partial charge in [-0.2, -0.15) is 0 Å². The van der Waals surface area contributed by atoms with Gasteiger partial charge in [0.25, 0.3) is 0 Å². The Bertz CT molecular complexity index is 935. The first-order chi connectivity index (χ1) is 11.3. The second-order valence-electron chi connectivity index (χ2n) is 5.82. The molecule has 0 fully saturated rings. The van der Waals surface area contributed by atoms with Crippen LogP contribution in [0.1, 0.15) is 5.56 Å². The lowest BCUT2D eigenvalue weighted by Gasteiger charge is -2.08. The number of benzene rings is 3. The lowest BCUT2D eigenvalue weighted by Crippen LogP contribution is -1.97. The lowest BCUT2D eigenvalue weighted by molar-refractivity contribution is 0.837. The average molecular weight is 298 g/mol. The van der Waals surface area contributed by atoms with Crippen molar-refractivity contribution in [3.63, 3.8) is 0 Å². The summed E-state index contributed by atoms with van der Waals surface area (Å²) in [4.78, 5) is 0. The van der Waals surface area contributed by atoms with Gasteiger partial charge in [-0.15, -0.1) is 0 Å². The number of anilines is 1. The van der Waals surface area contributed by atoms with Gasteiger partial charge in [-0.25, -0.2) is 0 Å². The van der Waals surface area contributed by atoms with Crippen LogP contribution in [0.5, 0.6) is 0 Å². The fourth-order valence-electron chi connectivity index (χ4n) is 2.99. The predicted molar refractivity (Wildman–Crippen MR) is 97.3 cm³/mol. The molecule has 4 rings (SSSR count). The summed E-state index contributed by atoms with van der Waals surface area (Å²) in [6, 6.07) is 27.4. The van der Waals surface area contributed by atoms with Crippen LogP contribution in [-0.2, 0) is 6.54 Å². The maximum Gasteiger partial charge on any atom is 0.0484 e. The Morgan fingerprint density at radius 2 is 1.48 bits per heavy atom. The van der Waals surface area contributed by atoms with E-state index in [4.69, 9.17) is 5.73 Å². The molecule has 0 saturated carbocycles. The number of nitrogens with two attached hydrogens (primary N) is 1. The standard InChI is InChI=1S/C21H18N2/c22-20-10-11-21-19(14-20)12-13-23(21)15-16-6-8-18(9-7-16)17-4-2-1-3-5-17/h1-14H,15,22H2. The van der Waals surface area contributed by atoms with Gasteiger partial charge in [0.2, 0.25) is 0 Å². The van der Waals surface area contributed by atoms with E-state index in [1.807, 2.05) is 18.2 Å². The summed E-state index contributed by atoms with van der Waals surface area (Å²) in [6.45, 7) is 0.864. The van der Waals surface area contributed by atoms with Crippen molar-refractivity contribution in [2.45, 2.75) is 6.54 Å². The van der Waals surface area contributed by atoms with Gasteiger partial charge in [0.1, 0.15) is 0 Å². The van der Waals surface area contributed by atoms with E-state index in [1.165, 1.54) is 27.6 Å². The van der Waals surface area contributed by atoms with E-state index in [-0.39, 0.29) is 0 Å². The molecule has 0 atom stereocenters. The van der Waals surface area contributed by atoms with E-state index in [0.29, 0.717) is 0 Å². The first-order valence-electron chi connectivity index (χ1n) is 7.78. The third kappa shape index (κ3) is 2.71. The Hall–Kier alpha value is -3.00. The quantitative estimate of drug-likeness (QED) is 0.534. The van der Waals surface area contributed by atoms with Crippen molar-refractivity contribution in [1.82, 2.24) is 4.57 Å². The smallest absolute Gasteiger partial charge is 0.0484 e. The highest BCUT2D eigenvalue weighted by Crippen LogP contribution is 2.22. The van der Waals surface area contributed by atoms with Gasteiger partial charge in [-0.3, -0.25) is 0 Å². The van der Waals surface area contributed by atoms with Crippen molar-refractivity contribution in [2.75, 3.05) is 5.73 Å². The van der Waals surface area contributed by atoms with Gasteiger partial charge in [0, 0.05) is 29.3 Å². The summed E-state index contributed by atoms with van der Waals surface area (Å²) in [5.74, 6) is 0. The first-order valence-corrected chi connectivity index (χ1v) is 7.78. The Balaban J connectivity index is 1.61. The molecule has 0 spiro atoms. The Labute approximate surface area is 135 Å². The minimum absolute atomic E-state index is 0.808. The zero-order valence-corrected chi connectivity index (χ0v) is 12.8. The van der Waals surface area contributed by atoms with E-state index in [2.05, 4.69) is 71.4 Å². The van der Waals surface area contributed by atoms with Crippen molar-refractivity contribution < 1.29 is 0 Å². The van der Waals surface area contributed by atoms with Crippen LogP contribution >= 0.6 is 0 Å². The molecule has 3 aromatic carbocycles. The van der Waals surface area contributed by atoms with E-state index in [0.717, 1.165) is 12.2 Å². The van der Waals surface area contributed by atoms with Crippen molar-refractivity contribution in [3.8, 4) is 11.1 Å². The highest BCUT2D eigenvalue weighted by atomic mass is 14.9. The summed E-state index contributed by atoms with van der Waals surface area (Å²) in [5.41, 5.74) is 11.7. The molecule has 112 valence electrons. The zero-order chi connectivity index (χ0) is 15.6. The zero-order valence-electron chi connectivity index (χ0n) is 12.8. The number of fused-ring (bicyclic) bond motifs is 1. The molecule has 0 saturated heterocycles. The summed E-state index contributed by atoms with van der Waals surface area (Å²) >= 11 is 0. The molecule has 0 aliphatic carbocycles. The summed E-state index contributed by atoms with van der Waals surface area (Å²) in [7, 11) is 0. The van der Waals surface area contributed by atoms with E-state index in [9.17, 15) is 0 Å². The Morgan fingerprint density at radius 3 is 2.26 bits per heavy atom. The molecule has 0 radical (unpaired) electrons. The molecule has 0 aliphatic rings. The molecule has 2 heteroatoms. The van der Waals surface area contributed by atoms with E-state index in [1.54, 1.807) is 0 Å². The molecule has 1 heterocycles. The summed E-state index contributed by atoms with van der Waals surface area (Å²) < 4.78 is 2.26. The molecule has 23 heavy (non-hydrogen) atoms. The molecule has 2 nitrogen and oxygen atoms in total. The molecular weight excluding hydrogens is 280 g/mol. The first kappa shape index (κ1) is 13.6. The number of aromatic nitrogens is 1. The number of hydrogen-bond donors (Lipinski definition) is 1. The monoisotopic (exact) mass is 298 g/mol. The van der Waals surface area contributed by atoms with Gasteiger partial charge in [-0.1, -0.05) is 54.6 Å². The van der Waals surface area contributed by atoms with Crippen LogP contribution in [0.15, 0.2) is 85.1 Å². The molecule has 0 bridgehead atoms. The van der Waals surface area contributed by atoms with Crippen molar-refractivity contribution in [2.24, 2.45) is 0 Å². The largest absolute Gasteiger partial charge is 0.399 e. The molecule has 0 unspecified atom stereocenters. The van der Waals surface area contributed by atoms with Gasteiger partial charge >= 0.3 is 0 Å². The maximum atomic E-state index is 5.85. The summed E-state index contributed by atoms with van der Waals surface area (Å²) in [5, 5.41) is 1.19. The Kier molecular flexibility index (Phi) is 3.35. The third-order valence-corrected chi connectivity index (χ3v) is 4.21. The lowest BCUT2D eigenvalue weighted by atomic mass is 10.0. The second-order valence-corrected chi connectivity index (χ2v) is 5.82. The van der Waals surface area contributed by atoms with Crippen LogP contribution in [0.25, 0.3) is 22.0 Å². The van der Waals surface area contributed by atoms with Gasteiger partial charge in [0.15, 0.2) is 0 Å². The number of rotatable bonds is 3. The van der Waals surface area contributed by atoms with Crippen LogP contribution < -0.4 is 5.73 Å². The normalized spacial score (nSPS) is 11.0. The highest BCUT2D eigenvalue weighted by molar-refractivity contribution is 5.83. The average Bonchev–Trinajstić information content (AvgIpc) is 2.98. The topological polar surface area (TPSA) is 30.9 Å². The molecule has 1 aromatic heterocycles. The van der Waals surface area contributed by atoms with Gasteiger partial charge in [0.05, 0.1) is 0 Å². The predicted octanol–water partition coefficient (Wildman–Crippen LogP) is 4.94. The van der Waals surface area contributed by atoms with Crippen LogP contribution in [0.3, 0.4) is 0 Å². The minimum atomic E-state index is 0.808. The van der Waals surface area contributed by atoms with Crippen LogP contribution in [-0.4, -0.2) is 4.57 Å². The Morgan fingerprint density at radius 1 is 0.739 bits per heavy atom. The number of nitrogens with zero attached hydrogens (tertiary/aromatic N) is 1. The SMILES string of the molecule is Nc1ccc2c(ccn2Cc2ccc(-c3ccccc3)cc2)c1. The fraction of sp³-hybridized carbons (Fsp3) is 0.0476. The van der Waals surface area contributed by atoms with E-state index >= 15 is 0 Å². The minimum Gasteiger partial charge on any atom is -0.399 e. The molecule has 4 aromatic rings. The van der Waals surface area contributed by atoms with Crippen molar-refractivity contribution in [1.29, 1.82) is 0 Å². The molecule has 0 amide bonds. The molecular formula is C21H18N2. The second kappa shape index (κ2) is 5.65. The number of hydrogen-bond acceptors (Lipinski definition) is 1. The van der Waals surface area contributed by atoms with Gasteiger partial charge < -0.3 is 10.3 Å². The van der Waals surface area contributed by atoms with E-state index < -0.39 is 0 Å².